The van der Waals surface area contributed by atoms with Gasteiger partial charge in [0.15, 0.2) is 11.6 Å². The standard InChI is InChI=1S/C10H11F2NO2S/c11-7-3-1-2-6(9(7)12)4-16-5-8(13)10(14)15/h1-3,8H,4-5,13H2,(H,14,15). The highest BCUT2D eigenvalue weighted by molar-refractivity contribution is 7.98. The van der Waals surface area contributed by atoms with E-state index in [4.69, 9.17) is 10.8 Å². The lowest BCUT2D eigenvalue weighted by atomic mass is 10.2. The fourth-order valence-corrected chi connectivity index (χ4v) is 1.98. The molecule has 0 bridgehead atoms. The van der Waals surface area contributed by atoms with E-state index in [9.17, 15) is 13.6 Å². The summed E-state index contributed by atoms with van der Waals surface area (Å²) in [7, 11) is 0. The molecule has 0 radical (unpaired) electrons. The van der Waals surface area contributed by atoms with Crippen LogP contribution in [0.4, 0.5) is 8.78 Å². The smallest absolute Gasteiger partial charge is 0.321 e. The number of aliphatic carboxylic acids is 1. The molecular weight excluding hydrogens is 236 g/mol. The van der Waals surface area contributed by atoms with Crippen molar-refractivity contribution in [3.63, 3.8) is 0 Å². The van der Waals surface area contributed by atoms with Crippen LogP contribution in [0, 0.1) is 11.6 Å². The Morgan fingerprint density at radius 2 is 2.19 bits per heavy atom. The second-order valence-electron chi connectivity index (χ2n) is 3.17. The van der Waals surface area contributed by atoms with Gasteiger partial charge in [-0.1, -0.05) is 12.1 Å². The molecule has 1 atom stereocenters. The zero-order valence-corrected chi connectivity index (χ0v) is 9.14. The molecule has 0 aliphatic carbocycles. The molecule has 0 saturated carbocycles. The molecule has 16 heavy (non-hydrogen) atoms. The Balaban J connectivity index is 2.49. The van der Waals surface area contributed by atoms with E-state index in [1.54, 1.807) is 0 Å². The predicted octanol–water partition coefficient (Wildman–Crippen LogP) is 1.61. The fraction of sp³-hybridized carbons (Fsp3) is 0.300. The first-order valence-electron chi connectivity index (χ1n) is 4.51. The Hall–Kier alpha value is -1.14. The van der Waals surface area contributed by atoms with Gasteiger partial charge < -0.3 is 10.8 Å². The van der Waals surface area contributed by atoms with Gasteiger partial charge in [-0.2, -0.15) is 11.8 Å². The molecule has 1 aromatic rings. The molecule has 88 valence electrons. The van der Waals surface area contributed by atoms with Crippen LogP contribution in [0.3, 0.4) is 0 Å². The fourth-order valence-electron chi connectivity index (χ4n) is 1.03. The highest BCUT2D eigenvalue weighted by Gasteiger charge is 2.12. The third-order valence-electron chi connectivity index (χ3n) is 1.90. The van der Waals surface area contributed by atoms with Crippen LogP contribution in [0.15, 0.2) is 18.2 Å². The second kappa shape index (κ2) is 5.81. The van der Waals surface area contributed by atoms with Crippen molar-refractivity contribution in [3.8, 4) is 0 Å². The van der Waals surface area contributed by atoms with E-state index in [0.29, 0.717) is 0 Å². The van der Waals surface area contributed by atoms with Gasteiger partial charge in [0, 0.05) is 17.1 Å². The molecule has 1 unspecified atom stereocenters. The monoisotopic (exact) mass is 247 g/mol. The van der Waals surface area contributed by atoms with Crippen LogP contribution in [-0.2, 0) is 10.5 Å². The van der Waals surface area contributed by atoms with E-state index < -0.39 is 23.6 Å². The Kier molecular flexibility index (Phi) is 4.70. The van der Waals surface area contributed by atoms with Gasteiger partial charge in [-0.25, -0.2) is 8.78 Å². The number of rotatable bonds is 5. The number of thioether (sulfide) groups is 1. The molecule has 0 amide bonds. The summed E-state index contributed by atoms with van der Waals surface area (Å²) < 4.78 is 25.9. The maximum Gasteiger partial charge on any atom is 0.321 e. The van der Waals surface area contributed by atoms with Gasteiger partial charge in [0.2, 0.25) is 0 Å². The molecule has 1 rings (SSSR count). The van der Waals surface area contributed by atoms with Crippen LogP contribution >= 0.6 is 11.8 Å². The van der Waals surface area contributed by atoms with Gasteiger partial charge in [0.1, 0.15) is 6.04 Å². The van der Waals surface area contributed by atoms with E-state index >= 15 is 0 Å². The molecule has 0 aromatic heterocycles. The van der Waals surface area contributed by atoms with Crippen LogP contribution in [0.1, 0.15) is 5.56 Å². The summed E-state index contributed by atoms with van der Waals surface area (Å²) in [5.74, 6) is -2.54. The molecular formula is C10H11F2NO2S. The first kappa shape index (κ1) is 12.9. The number of hydrogen-bond acceptors (Lipinski definition) is 3. The maximum atomic E-state index is 13.1. The minimum atomic E-state index is -1.10. The normalized spacial score (nSPS) is 12.4. The minimum absolute atomic E-state index is 0.158. The summed E-state index contributed by atoms with van der Waals surface area (Å²) >= 11 is 1.15. The number of halogens is 2. The quantitative estimate of drug-likeness (QED) is 0.829. The third-order valence-corrected chi connectivity index (χ3v) is 3.01. The average molecular weight is 247 g/mol. The van der Waals surface area contributed by atoms with Crippen LogP contribution in [0.25, 0.3) is 0 Å². The van der Waals surface area contributed by atoms with E-state index in [-0.39, 0.29) is 17.1 Å². The number of benzene rings is 1. The van der Waals surface area contributed by atoms with Gasteiger partial charge in [-0.3, -0.25) is 4.79 Å². The number of carboxylic acids is 1. The lowest BCUT2D eigenvalue weighted by Gasteiger charge is -2.06. The van der Waals surface area contributed by atoms with E-state index in [2.05, 4.69) is 0 Å². The first-order chi connectivity index (χ1) is 7.52. The molecule has 3 nitrogen and oxygen atoms in total. The number of nitrogens with two attached hydrogens (primary N) is 1. The number of carbonyl (C=O) groups is 1. The number of carboxylic acid groups (broad SMARTS) is 1. The molecule has 0 fully saturated rings. The van der Waals surface area contributed by atoms with Crippen molar-refractivity contribution < 1.29 is 18.7 Å². The molecule has 0 spiro atoms. The van der Waals surface area contributed by atoms with Crippen molar-refractivity contribution in [1.82, 2.24) is 0 Å². The van der Waals surface area contributed by atoms with Gasteiger partial charge in [0.05, 0.1) is 0 Å². The van der Waals surface area contributed by atoms with E-state index in [0.717, 1.165) is 17.8 Å². The summed E-state index contributed by atoms with van der Waals surface area (Å²) in [6.07, 6.45) is 0. The summed E-state index contributed by atoms with van der Waals surface area (Å²) in [6.45, 7) is 0. The summed E-state index contributed by atoms with van der Waals surface area (Å²) in [6, 6.07) is 2.91. The Labute approximate surface area is 95.6 Å². The van der Waals surface area contributed by atoms with Crippen LogP contribution in [0.2, 0.25) is 0 Å². The van der Waals surface area contributed by atoms with Crippen LogP contribution in [-0.4, -0.2) is 22.9 Å². The van der Waals surface area contributed by atoms with Crippen molar-refractivity contribution in [2.75, 3.05) is 5.75 Å². The predicted molar refractivity (Wildman–Crippen MR) is 58.1 cm³/mol. The first-order valence-corrected chi connectivity index (χ1v) is 5.67. The maximum absolute atomic E-state index is 13.1. The summed E-state index contributed by atoms with van der Waals surface area (Å²) in [5.41, 5.74) is 5.47. The zero-order valence-electron chi connectivity index (χ0n) is 8.32. The largest absolute Gasteiger partial charge is 0.480 e. The minimum Gasteiger partial charge on any atom is -0.480 e. The van der Waals surface area contributed by atoms with Gasteiger partial charge >= 0.3 is 5.97 Å². The SMILES string of the molecule is NC(CSCc1cccc(F)c1F)C(=O)O. The van der Waals surface area contributed by atoms with Gasteiger partial charge in [0.25, 0.3) is 0 Å². The van der Waals surface area contributed by atoms with Crippen molar-refractivity contribution >= 4 is 17.7 Å². The second-order valence-corrected chi connectivity index (χ2v) is 4.20. The molecule has 0 heterocycles. The molecule has 0 aliphatic heterocycles. The van der Waals surface area contributed by atoms with E-state index in [1.165, 1.54) is 12.1 Å². The van der Waals surface area contributed by atoms with Crippen molar-refractivity contribution in [2.45, 2.75) is 11.8 Å². The number of hydrogen-bond donors (Lipinski definition) is 2. The topological polar surface area (TPSA) is 63.3 Å². The van der Waals surface area contributed by atoms with Crippen molar-refractivity contribution in [1.29, 1.82) is 0 Å². The Bertz CT molecular complexity index is 387. The summed E-state index contributed by atoms with van der Waals surface area (Å²) in [4.78, 5) is 10.4. The van der Waals surface area contributed by atoms with Gasteiger partial charge in [-0.15, -0.1) is 0 Å². The highest BCUT2D eigenvalue weighted by Crippen LogP contribution is 2.18. The Morgan fingerprint density at radius 3 is 2.81 bits per heavy atom. The third kappa shape index (κ3) is 3.46. The molecule has 0 aliphatic rings. The molecule has 0 saturated heterocycles. The van der Waals surface area contributed by atoms with Crippen LogP contribution in [0.5, 0.6) is 0 Å². The zero-order chi connectivity index (χ0) is 12.1. The summed E-state index contributed by atoms with van der Waals surface area (Å²) in [5, 5.41) is 8.51. The Morgan fingerprint density at radius 1 is 1.50 bits per heavy atom. The molecule has 6 heteroatoms. The molecule has 3 N–H and O–H groups in total. The van der Waals surface area contributed by atoms with Gasteiger partial charge in [-0.05, 0) is 6.07 Å². The van der Waals surface area contributed by atoms with Crippen molar-refractivity contribution in [3.05, 3.63) is 35.4 Å². The lowest BCUT2D eigenvalue weighted by Crippen LogP contribution is -2.32. The lowest BCUT2D eigenvalue weighted by molar-refractivity contribution is -0.137. The molecule has 1 aromatic carbocycles. The van der Waals surface area contributed by atoms with E-state index in [1.807, 2.05) is 0 Å². The highest BCUT2D eigenvalue weighted by atomic mass is 32.2. The van der Waals surface area contributed by atoms with Crippen molar-refractivity contribution in [2.24, 2.45) is 5.73 Å². The van der Waals surface area contributed by atoms with Crippen LogP contribution < -0.4 is 5.73 Å². The average Bonchev–Trinajstić information content (AvgIpc) is 2.24.